The summed E-state index contributed by atoms with van der Waals surface area (Å²) in [6, 6.07) is 8.37. The molecule has 0 spiro atoms. The number of hydrogen-bond acceptors (Lipinski definition) is 5. The number of methoxy groups -OCH3 is 1. The van der Waals surface area contributed by atoms with Gasteiger partial charge < -0.3 is 9.30 Å². The number of rotatable bonds is 5. The fraction of sp³-hybridized carbons (Fsp3) is 0.583. The van der Waals surface area contributed by atoms with Crippen LogP contribution < -0.4 is 10.3 Å². The predicted molar refractivity (Wildman–Crippen MR) is 117 cm³/mol. The van der Waals surface area contributed by atoms with Crippen molar-refractivity contribution in [3.63, 3.8) is 0 Å². The van der Waals surface area contributed by atoms with E-state index in [4.69, 9.17) is 4.74 Å². The molecule has 2 saturated heterocycles. The average molecular weight is 409 g/mol. The first-order valence-corrected chi connectivity index (χ1v) is 11.4. The highest BCUT2D eigenvalue weighted by Crippen LogP contribution is 2.35. The number of piperidine rings is 2. The van der Waals surface area contributed by atoms with Crippen molar-refractivity contribution >= 4 is 0 Å². The van der Waals surface area contributed by atoms with Crippen molar-refractivity contribution in [2.24, 2.45) is 5.92 Å². The molecule has 0 N–H and O–H groups in total. The molecule has 30 heavy (non-hydrogen) atoms. The SMILES string of the molecule is COc1ccc(CN2C[C@@H]3C[C@H](C2)c2ccc(CN4CCCCC4)c(=O)n2C3)nc1. The molecule has 2 bridgehead atoms. The minimum absolute atomic E-state index is 0.248. The fourth-order valence-corrected chi connectivity index (χ4v) is 5.55. The van der Waals surface area contributed by atoms with Gasteiger partial charge in [-0.25, -0.2) is 0 Å². The van der Waals surface area contributed by atoms with Gasteiger partial charge in [0.25, 0.3) is 5.56 Å². The lowest BCUT2D eigenvalue weighted by atomic mass is 9.83. The molecule has 160 valence electrons. The summed E-state index contributed by atoms with van der Waals surface area (Å²) in [6.07, 6.45) is 6.83. The van der Waals surface area contributed by atoms with E-state index in [1.165, 1.54) is 31.4 Å². The maximum Gasteiger partial charge on any atom is 0.255 e. The van der Waals surface area contributed by atoms with Crippen LogP contribution in [0.3, 0.4) is 0 Å². The number of hydrogen-bond donors (Lipinski definition) is 0. The van der Waals surface area contributed by atoms with Crippen LogP contribution in [0.25, 0.3) is 0 Å². The van der Waals surface area contributed by atoms with Crippen LogP contribution in [-0.4, -0.2) is 52.6 Å². The number of aromatic nitrogens is 2. The smallest absolute Gasteiger partial charge is 0.255 e. The summed E-state index contributed by atoms with van der Waals surface area (Å²) < 4.78 is 7.31. The molecule has 2 aromatic heterocycles. The first-order valence-electron chi connectivity index (χ1n) is 11.4. The molecule has 0 aromatic carbocycles. The maximum atomic E-state index is 13.3. The summed E-state index contributed by atoms with van der Waals surface area (Å²) in [5, 5.41) is 0. The third-order valence-corrected chi connectivity index (χ3v) is 7.02. The number of ether oxygens (including phenoxy) is 1. The van der Waals surface area contributed by atoms with E-state index >= 15 is 0 Å². The van der Waals surface area contributed by atoms with Crippen LogP contribution in [0.15, 0.2) is 35.3 Å². The average Bonchev–Trinajstić information content (AvgIpc) is 2.77. The molecule has 3 aliphatic rings. The topological polar surface area (TPSA) is 50.6 Å². The Morgan fingerprint density at radius 3 is 2.63 bits per heavy atom. The fourth-order valence-electron chi connectivity index (χ4n) is 5.55. The first kappa shape index (κ1) is 19.8. The Hall–Kier alpha value is -2.18. The Kier molecular flexibility index (Phi) is 5.61. The zero-order valence-corrected chi connectivity index (χ0v) is 17.9. The third-order valence-electron chi connectivity index (χ3n) is 7.02. The second-order valence-corrected chi connectivity index (χ2v) is 9.22. The van der Waals surface area contributed by atoms with Crippen LogP contribution in [0.1, 0.15) is 48.6 Å². The van der Waals surface area contributed by atoms with Gasteiger partial charge in [-0.3, -0.25) is 19.6 Å². The van der Waals surface area contributed by atoms with Crippen molar-refractivity contribution in [1.82, 2.24) is 19.4 Å². The van der Waals surface area contributed by atoms with Crippen LogP contribution in [0.4, 0.5) is 0 Å². The molecular formula is C24H32N4O2. The first-order chi connectivity index (χ1) is 14.7. The van der Waals surface area contributed by atoms with E-state index in [-0.39, 0.29) is 5.56 Å². The molecule has 2 atom stereocenters. The summed E-state index contributed by atoms with van der Waals surface area (Å²) >= 11 is 0. The van der Waals surface area contributed by atoms with Gasteiger partial charge in [0.15, 0.2) is 0 Å². The minimum Gasteiger partial charge on any atom is -0.495 e. The second-order valence-electron chi connectivity index (χ2n) is 9.22. The molecule has 3 aliphatic heterocycles. The van der Waals surface area contributed by atoms with E-state index in [0.717, 1.165) is 62.8 Å². The Morgan fingerprint density at radius 1 is 1.00 bits per heavy atom. The molecule has 6 nitrogen and oxygen atoms in total. The maximum absolute atomic E-state index is 13.3. The van der Waals surface area contributed by atoms with Crippen molar-refractivity contribution in [2.75, 3.05) is 33.3 Å². The lowest BCUT2D eigenvalue weighted by molar-refractivity contribution is 0.113. The van der Waals surface area contributed by atoms with E-state index in [0.29, 0.717) is 11.8 Å². The summed E-state index contributed by atoms with van der Waals surface area (Å²) in [7, 11) is 1.67. The van der Waals surface area contributed by atoms with Crippen LogP contribution in [0.2, 0.25) is 0 Å². The van der Waals surface area contributed by atoms with Gasteiger partial charge in [-0.15, -0.1) is 0 Å². The molecule has 0 saturated carbocycles. The van der Waals surface area contributed by atoms with Crippen molar-refractivity contribution in [3.8, 4) is 5.75 Å². The second kappa shape index (κ2) is 8.52. The zero-order chi connectivity index (χ0) is 20.5. The monoisotopic (exact) mass is 408 g/mol. The minimum atomic E-state index is 0.248. The predicted octanol–water partition coefficient (Wildman–Crippen LogP) is 2.86. The lowest BCUT2D eigenvalue weighted by Gasteiger charge is -2.43. The number of nitrogens with zero attached hydrogens (tertiary/aromatic N) is 4. The Balaban J connectivity index is 1.31. The summed E-state index contributed by atoms with van der Waals surface area (Å²) in [5.74, 6) is 1.77. The van der Waals surface area contributed by atoms with Gasteiger partial charge in [0.1, 0.15) is 5.75 Å². The zero-order valence-electron chi connectivity index (χ0n) is 17.9. The molecule has 2 fully saturated rings. The van der Waals surface area contributed by atoms with Gasteiger partial charge in [-0.05, 0) is 56.5 Å². The molecule has 0 amide bonds. The van der Waals surface area contributed by atoms with Gasteiger partial charge in [0.05, 0.1) is 19.0 Å². The molecular weight excluding hydrogens is 376 g/mol. The Bertz CT molecular complexity index is 933. The largest absolute Gasteiger partial charge is 0.495 e. The molecule has 2 aromatic rings. The van der Waals surface area contributed by atoms with Crippen molar-refractivity contribution < 1.29 is 4.74 Å². The van der Waals surface area contributed by atoms with Gasteiger partial charge >= 0.3 is 0 Å². The summed E-state index contributed by atoms with van der Waals surface area (Å²) in [4.78, 5) is 22.7. The Morgan fingerprint density at radius 2 is 1.87 bits per heavy atom. The van der Waals surface area contributed by atoms with Crippen LogP contribution >= 0.6 is 0 Å². The molecule has 0 unspecified atom stereocenters. The van der Waals surface area contributed by atoms with Gasteiger partial charge in [0.2, 0.25) is 0 Å². The van der Waals surface area contributed by atoms with E-state index < -0.39 is 0 Å². The Labute approximate surface area is 178 Å². The van der Waals surface area contributed by atoms with Crippen molar-refractivity contribution in [3.05, 3.63) is 57.8 Å². The van der Waals surface area contributed by atoms with Crippen LogP contribution in [0.5, 0.6) is 5.75 Å². The van der Waals surface area contributed by atoms with Crippen LogP contribution in [0, 0.1) is 5.92 Å². The van der Waals surface area contributed by atoms with Gasteiger partial charge in [-0.1, -0.05) is 12.5 Å². The number of fused-ring (bicyclic) bond motifs is 4. The van der Waals surface area contributed by atoms with Gasteiger partial charge in [-0.2, -0.15) is 0 Å². The molecule has 5 heterocycles. The highest BCUT2D eigenvalue weighted by molar-refractivity contribution is 5.23. The lowest BCUT2D eigenvalue weighted by Crippen LogP contribution is -2.47. The van der Waals surface area contributed by atoms with Crippen LogP contribution in [-0.2, 0) is 19.6 Å². The highest BCUT2D eigenvalue weighted by Gasteiger charge is 2.35. The van der Waals surface area contributed by atoms with E-state index in [2.05, 4.69) is 37.5 Å². The molecule has 5 rings (SSSR count). The molecule has 0 aliphatic carbocycles. The standard InChI is InChI=1S/C24H32N4O2/c1-30-22-7-6-21(25-12-22)17-27-13-18-11-20(16-27)23-8-5-19(24(29)28(23)14-18)15-26-9-3-2-4-10-26/h5-8,12,18,20H,2-4,9-11,13-17H2,1H3/t18-,20+/m0/s1. The van der Waals surface area contributed by atoms with E-state index in [1.807, 2.05) is 6.07 Å². The quantitative estimate of drug-likeness (QED) is 0.762. The normalized spacial score (nSPS) is 24.4. The summed E-state index contributed by atoms with van der Waals surface area (Å²) in [5.41, 5.74) is 3.52. The molecule has 0 radical (unpaired) electrons. The number of pyridine rings is 2. The van der Waals surface area contributed by atoms with Crippen molar-refractivity contribution in [2.45, 2.75) is 51.2 Å². The van der Waals surface area contributed by atoms with E-state index in [1.54, 1.807) is 13.3 Å². The third kappa shape index (κ3) is 4.03. The summed E-state index contributed by atoms with van der Waals surface area (Å²) in [6.45, 7) is 6.80. The van der Waals surface area contributed by atoms with E-state index in [9.17, 15) is 4.79 Å². The highest BCUT2D eigenvalue weighted by atomic mass is 16.5. The number of likely N-dealkylation sites (tertiary alicyclic amines) is 2. The van der Waals surface area contributed by atoms with Gasteiger partial charge in [0, 0.05) is 49.9 Å². The molecule has 6 heteroatoms. The van der Waals surface area contributed by atoms with Crippen molar-refractivity contribution in [1.29, 1.82) is 0 Å².